The smallest absolute Gasteiger partial charge is 0.240 e. The van der Waals surface area contributed by atoms with Crippen molar-refractivity contribution in [2.75, 3.05) is 18.9 Å². The average molecular weight is 272 g/mol. The van der Waals surface area contributed by atoms with Gasteiger partial charge in [-0.2, -0.15) is 0 Å². The van der Waals surface area contributed by atoms with E-state index in [9.17, 15) is 8.42 Å². The Hall–Kier alpha value is -1.11. The number of nitrogen functional groups attached to an aromatic ring is 1. The molecule has 1 rings (SSSR count). The normalized spacial score (nSPS) is 13.5. The van der Waals surface area contributed by atoms with E-state index >= 15 is 0 Å². The first-order valence-electron chi connectivity index (χ1n) is 5.84. The highest BCUT2D eigenvalue weighted by atomic mass is 32.2. The number of ether oxygens (including phenoxy) is 1. The Balaban J connectivity index is 2.77. The fraction of sp³-hybridized carbons (Fsp3) is 0.500. The average Bonchev–Trinajstić information content (AvgIpc) is 2.30. The molecule has 18 heavy (non-hydrogen) atoms. The van der Waals surface area contributed by atoms with Crippen LogP contribution in [0.1, 0.15) is 19.4 Å². The lowest BCUT2D eigenvalue weighted by molar-refractivity contribution is 0.0799. The van der Waals surface area contributed by atoms with Crippen molar-refractivity contribution in [3.8, 4) is 0 Å². The lowest BCUT2D eigenvalue weighted by Gasteiger charge is -2.13. The van der Waals surface area contributed by atoms with Gasteiger partial charge in [-0.05, 0) is 38.5 Å². The zero-order chi connectivity index (χ0) is 13.8. The minimum atomic E-state index is -3.52. The Morgan fingerprint density at radius 2 is 2.11 bits per heavy atom. The number of hydrogen-bond acceptors (Lipinski definition) is 4. The van der Waals surface area contributed by atoms with Crippen molar-refractivity contribution in [3.05, 3.63) is 23.8 Å². The number of aryl methyl sites for hydroxylation is 1. The largest absolute Gasteiger partial charge is 0.398 e. The monoisotopic (exact) mass is 272 g/mol. The molecule has 0 radical (unpaired) electrons. The molecule has 1 aromatic rings. The van der Waals surface area contributed by atoms with Crippen LogP contribution in [0.3, 0.4) is 0 Å². The fourth-order valence-electron chi connectivity index (χ4n) is 1.44. The van der Waals surface area contributed by atoms with Gasteiger partial charge < -0.3 is 10.5 Å². The maximum Gasteiger partial charge on any atom is 0.240 e. The number of rotatable bonds is 6. The zero-order valence-electron chi connectivity index (χ0n) is 10.9. The molecule has 0 spiro atoms. The van der Waals surface area contributed by atoms with Crippen molar-refractivity contribution in [1.82, 2.24) is 4.72 Å². The molecule has 0 amide bonds. The molecule has 6 heteroatoms. The second-order valence-electron chi connectivity index (χ2n) is 4.14. The summed E-state index contributed by atoms with van der Waals surface area (Å²) in [5.41, 5.74) is 7.03. The molecule has 3 N–H and O–H groups in total. The van der Waals surface area contributed by atoms with Crippen LogP contribution in [0.15, 0.2) is 23.1 Å². The van der Waals surface area contributed by atoms with E-state index in [0.29, 0.717) is 12.3 Å². The van der Waals surface area contributed by atoms with Gasteiger partial charge in [-0.1, -0.05) is 6.07 Å². The van der Waals surface area contributed by atoms with Crippen LogP contribution in [0.25, 0.3) is 0 Å². The van der Waals surface area contributed by atoms with Crippen LogP contribution in [-0.4, -0.2) is 27.7 Å². The van der Waals surface area contributed by atoms with Crippen LogP contribution in [0, 0.1) is 6.92 Å². The lowest BCUT2D eigenvalue weighted by atomic mass is 10.2. The molecule has 0 saturated carbocycles. The van der Waals surface area contributed by atoms with Crippen molar-refractivity contribution in [2.24, 2.45) is 0 Å². The maximum atomic E-state index is 12.0. The summed E-state index contributed by atoms with van der Waals surface area (Å²) in [6.45, 7) is 6.31. The summed E-state index contributed by atoms with van der Waals surface area (Å²) in [5.74, 6) is 0. The number of benzene rings is 1. The molecule has 0 aliphatic heterocycles. The summed E-state index contributed by atoms with van der Waals surface area (Å²) < 4.78 is 31.7. The predicted molar refractivity (Wildman–Crippen MR) is 71.9 cm³/mol. The summed E-state index contributed by atoms with van der Waals surface area (Å²) in [7, 11) is -3.52. The van der Waals surface area contributed by atoms with Crippen molar-refractivity contribution in [2.45, 2.75) is 31.8 Å². The second-order valence-corrected chi connectivity index (χ2v) is 5.90. The molecule has 1 aromatic carbocycles. The van der Waals surface area contributed by atoms with Gasteiger partial charge in [0.1, 0.15) is 0 Å². The van der Waals surface area contributed by atoms with Crippen molar-refractivity contribution >= 4 is 15.7 Å². The number of nitrogens with one attached hydrogen (secondary N) is 1. The van der Waals surface area contributed by atoms with E-state index in [-0.39, 0.29) is 17.5 Å². The van der Waals surface area contributed by atoms with Gasteiger partial charge in [-0.3, -0.25) is 0 Å². The summed E-state index contributed by atoms with van der Waals surface area (Å²) >= 11 is 0. The predicted octanol–water partition coefficient (Wildman–Crippen LogP) is 1.28. The van der Waals surface area contributed by atoms with E-state index in [1.165, 1.54) is 6.07 Å². The van der Waals surface area contributed by atoms with Crippen LogP contribution in [0.5, 0.6) is 0 Å². The maximum absolute atomic E-state index is 12.0. The Labute approximate surface area is 108 Å². The summed E-state index contributed by atoms with van der Waals surface area (Å²) in [6.07, 6.45) is -0.160. The molecule has 1 atom stereocenters. The van der Waals surface area contributed by atoms with E-state index in [1.807, 2.05) is 20.8 Å². The van der Waals surface area contributed by atoms with Crippen LogP contribution in [-0.2, 0) is 14.8 Å². The van der Waals surface area contributed by atoms with Crippen LogP contribution in [0.4, 0.5) is 5.69 Å². The number of hydrogen-bond donors (Lipinski definition) is 2. The molecule has 0 saturated heterocycles. The molecule has 5 nitrogen and oxygen atoms in total. The number of nitrogens with two attached hydrogens (primary N) is 1. The first-order valence-corrected chi connectivity index (χ1v) is 7.32. The number of sulfonamides is 1. The van der Waals surface area contributed by atoms with Crippen LogP contribution >= 0.6 is 0 Å². The minimum Gasteiger partial charge on any atom is -0.398 e. The van der Waals surface area contributed by atoms with Gasteiger partial charge in [0.05, 0.1) is 11.0 Å². The van der Waals surface area contributed by atoms with Gasteiger partial charge in [0.25, 0.3) is 0 Å². The quantitative estimate of drug-likeness (QED) is 0.764. The van der Waals surface area contributed by atoms with Crippen molar-refractivity contribution in [1.29, 1.82) is 0 Å². The summed E-state index contributed by atoms with van der Waals surface area (Å²) in [5, 5.41) is 0. The zero-order valence-corrected chi connectivity index (χ0v) is 11.8. The SMILES string of the molecule is CCOC(C)CNS(=O)(=O)c1ccc(C)c(N)c1. The first kappa shape index (κ1) is 14.9. The molecular formula is C12H20N2O3S. The van der Waals surface area contributed by atoms with Gasteiger partial charge in [-0.25, -0.2) is 13.1 Å². The lowest BCUT2D eigenvalue weighted by Crippen LogP contribution is -2.32. The van der Waals surface area contributed by atoms with Gasteiger partial charge in [-0.15, -0.1) is 0 Å². The fourth-order valence-corrected chi connectivity index (χ4v) is 2.59. The molecule has 0 bridgehead atoms. The number of anilines is 1. The molecule has 1 unspecified atom stereocenters. The Bertz CT molecular complexity index is 500. The van der Waals surface area contributed by atoms with Crippen molar-refractivity contribution < 1.29 is 13.2 Å². The van der Waals surface area contributed by atoms with Crippen molar-refractivity contribution in [3.63, 3.8) is 0 Å². The molecular weight excluding hydrogens is 252 g/mol. The summed E-state index contributed by atoms with van der Waals surface area (Å²) in [4.78, 5) is 0.175. The molecule has 0 aliphatic carbocycles. The van der Waals surface area contributed by atoms with Gasteiger partial charge >= 0.3 is 0 Å². The Morgan fingerprint density at radius 1 is 1.44 bits per heavy atom. The standard InChI is InChI=1S/C12H20N2O3S/c1-4-17-10(3)8-14-18(15,16)11-6-5-9(2)12(13)7-11/h5-7,10,14H,4,8,13H2,1-3H3. The summed E-state index contributed by atoms with van der Waals surface area (Å²) in [6, 6.07) is 4.69. The highest BCUT2D eigenvalue weighted by Crippen LogP contribution is 2.16. The molecule has 102 valence electrons. The molecule has 0 heterocycles. The Kier molecular flexibility index (Phi) is 5.13. The Morgan fingerprint density at radius 3 is 2.67 bits per heavy atom. The third kappa shape index (κ3) is 3.97. The van der Waals surface area contributed by atoms with Crippen LogP contribution in [0.2, 0.25) is 0 Å². The third-order valence-corrected chi connectivity index (χ3v) is 3.99. The minimum absolute atomic E-state index is 0.160. The van der Waals surface area contributed by atoms with Gasteiger partial charge in [0, 0.05) is 18.8 Å². The highest BCUT2D eigenvalue weighted by Gasteiger charge is 2.15. The van der Waals surface area contributed by atoms with Crippen LogP contribution < -0.4 is 10.5 Å². The highest BCUT2D eigenvalue weighted by molar-refractivity contribution is 7.89. The van der Waals surface area contributed by atoms with Gasteiger partial charge in [0.15, 0.2) is 0 Å². The topological polar surface area (TPSA) is 81.4 Å². The van der Waals surface area contributed by atoms with E-state index < -0.39 is 10.0 Å². The molecule has 0 aromatic heterocycles. The first-order chi connectivity index (χ1) is 8.36. The second kappa shape index (κ2) is 6.17. The third-order valence-electron chi connectivity index (χ3n) is 2.57. The van der Waals surface area contributed by atoms with E-state index in [1.54, 1.807) is 12.1 Å². The van der Waals surface area contributed by atoms with E-state index in [0.717, 1.165) is 5.56 Å². The van der Waals surface area contributed by atoms with Gasteiger partial charge in [0.2, 0.25) is 10.0 Å². The van der Waals surface area contributed by atoms with E-state index in [4.69, 9.17) is 10.5 Å². The van der Waals surface area contributed by atoms with E-state index in [2.05, 4.69) is 4.72 Å². The molecule has 0 aliphatic rings. The molecule has 0 fully saturated rings.